The average Bonchev–Trinajstić information content (AvgIpc) is 2.60. The predicted molar refractivity (Wildman–Crippen MR) is 79.4 cm³/mol. The summed E-state index contributed by atoms with van der Waals surface area (Å²) in [6.45, 7) is 7.43. The summed E-state index contributed by atoms with van der Waals surface area (Å²) in [6, 6.07) is 2.27. The number of hydrogen-bond donors (Lipinski definition) is 3. The van der Waals surface area contributed by atoms with Crippen LogP contribution in [0.1, 0.15) is 39.2 Å². The Morgan fingerprint density at radius 2 is 1.73 bits per heavy atom. The van der Waals surface area contributed by atoms with Crippen molar-refractivity contribution < 1.29 is 24.4 Å². The lowest BCUT2D eigenvalue weighted by molar-refractivity contribution is -0.386. The molecule has 22 heavy (non-hydrogen) atoms. The molecule has 0 saturated carbocycles. The summed E-state index contributed by atoms with van der Waals surface area (Å²) in [6.07, 6.45) is 0. The van der Waals surface area contributed by atoms with E-state index in [1.165, 1.54) is 0 Å². The molecule has 0 bridgehead atoms. The lowest BCUT2D eigenvalue weighted by atomic mass is 9.74. The quantitative estimate of drug-likeness (QED) is 0.335. The maximum absolute atomic E-state index is 10.9. The Kier molecular flexibility index (Phi) is 3.84. The van der Waals surface area contributed by atoms with E-state index in [4.69, 9.17) is 15.0 Å². The third kappa shape index (κ3) is 2.62. The van der Waals surface area contributed by atoms with E-state index in [-0.39, 0.29) is 5.56 Å². The Hall–Kier alpha value is -1.84. The summed E-state index contributed by atoms with van der Waals surface area (Å²) in [4.78, 5) is 10.1. The first-order valence-electron chi connectivity index (χ1n) is 6.78. The number of phenolic OH excluding ortho intramolecular Hbond substituents is 2. The van der Waals surface area contributed by atoms with Crippen LogP contribution in [0.15, 0.2) is 12.1 Å². The fourth-order valence-corrected chi connectivity index (χ4v) is 2.15. The van der Waals surface area contributed by atoms with Gasteiger partial charge >= 0.3 is 12.8 Å². The number of nitrogens with zero attached hydrogens (tertiary/aromatic N) is 1. The van der Waals surface area contributed by atoms with E-state index in [1.54, 1.807) is 0 Å². The minimum Gasteiger partial charge on any atom is -0.504 e. The van der Waals surface area contributed by atoms with Crippen molar-refractivity contribution in [2.75, 3.05) is 0 Å². The van der Waals surface area contributed by atoms with E-state index in [2.05, 4.69) is 0 Å². The Bertz CT molecular complexity index is 603. The SMILES string of the molecule is CC1(C)OB([C@@H](N)c2cc(O)c(O)c([N+](=O)[O-])c2)OC1(C)C. The molecule has 0 amide bonds. The zero-order valence-electron chi connectivity index (χ0n) is 12.9. The van der Waals surface area contributed by atoms with Gasteiger partial charge in [0.15, 0.2) is 5.75 Å². The monoisotopic (exact) mass is 310 g/mol. The first kappa shape index (κ1) is 16.5. The van der Waals surface area contributed by atoms with Gasteiger partial charge in [0.2, 0.25) is 5.75 Å². The molecule has 1 heterocycles. The number of rotatable bonds is 3. The number of nitrogens with two attached hydrogens (primary N) is 1. The van der Waals surface area contributed by atoms with Gasteiger partial charge in [-0.3, -0.25) is 10.1 Å². The van der Waals surface area contributed by atoms with E-state index in [1.807, 2.05) is 27.7 Å². The van der Waals surface area contributed by atoms with Gasteiger partial charge in [0, 0.05) is 6.07 Å². The van der Waals surface area contributed by atoms with Gasteiger partial charge in [-0.05, 0) is 39.3 Å². The molecular formula is C13H19BN2O6. The maximum Gasteiger partial charge on any atom is 0.480 e. The smallest absolute Gasteiger partial charge is 0.480 e. The first-order valence-corrected chi connectivity index (χ1v) is 6.78. The summed E-state index contributed by atoms with van der Waals surface area (Å²) in [5.41, 5.74) is 4.48. The van der Waals surface area contributed by atoms with Crippen molar-refractivity contribution in [2.45, 2.75) is 44.8 Å². The highest BCUT2D eigenvalue weighted by Crippen LogP contribution is 2.42. The molecule has 0 aromatic heterocycles. The molecule has 120 valence electrons. The topological polar surface area (TPSA) is 128 Å². The van der Waals surface area contributed by atoms with E-state index in [0.29, 0.717) is 0 Å². The van der Waals surface area contributed by atoms with Crippen LogP contribution in [-0.2, 0) is 9.31 Å². The van der Waals surface area contributed by atoms with Crippen molar-refractivity contribution in [3.8, 4) is 11.5 Å². The van der Waals surface area contributed by atoms with E-state index >= 15 is 0 Å². The molecule has 1 aromatic carbocycles. The molecule has 1 aromatic rings. The average molecular weight is 310 g/mol. The van der Waals surface area contributed by atoms with Crippen molar-refractivity contribution in [1.82, 2.24) is 0 Å². The molecule has 9 heteroatoms. The van der Waals surface area contributed by atoms with E-state index in [9.17, 15) is 20.3 Å². The van der Waals surface area contributed by atoms with Gasteiger partial charge in [-0.15, -0.1) is 0 Å². The van der Waals surface area contributed by atoms with Crippen LogP contribution in [0.3, 0.4) is 0 Å². The van der Waals surface area contributed by atoms with E-state index < -0.39 is 46.4 Å². The molecule has 1 atom stereocenters. The number of phenols is 2. The lowest BCUT2D eigenvalue weighted by Crippen LogP contribution is -2.41. The first-order chi connectivity index (χ1) is 9.96. The molecule has 0 radical (unpaired) electrons. The van der Waals surface area contributed by atoms with Gasteiger partial charge in [0.1, 0.15) is 0 Å². The molecule has 2 rings (SSSR count). The second-order valence-corrected chi connectivity index (χ2v) is 6.32. The highest BCUT2D eigenvalue weighted by atomic mass is 16.7. The summed E-state index contributed by atoms with van der Waals surface area (Å²) in [5.74, 6) is -2.27. The molecule has 1 fully saturated rings. The maximum atomic E-state index is 10.9. The van der Waals surface area contributed by atoms with Crippen molar-refractivity contribution in [3.05, 3.63) is 27.8 Å². The highest BCUT2D eigenvalue weighted by molar-refractivity contribution is 6.47. The number of nitro groups is 1. The molecule has 8 nitrogen and oxygen atoms in total. The van der Waals surface area contributed by atoms with Gasteiger partial charge in [0.05, 0.1) is 22.1 Å². The number of benzene rings is 1. The van der Waals surface area contributed by atoms with Gasteiger partial charge in [0.25, 0.3) is 0 Å². The Morgan fingerprint density at radius 3 is 2.18 bits per heavy atom. The minimum absolute atomic E-state index is 0.237. The zero-order valence-corrected chi connectivity index (χ0v) is 12.9. The van der Waals surface area contributed by atoms with Crippen LogP contribution in [0.4, 0.5) is 5.69 Å². The molecule has 0 aliphatic carbocycles. The standard InChI is InChI=1S/C13H19BN2O6/c1-12(2)13(3,4)22-14(21-12)11(15)7-5-8(16(19)20)10(18)9(17)6-7/h5-6,11,17-18H,15H2,1-4H3/t11-/m0/s1. The molecule has 1 aliphatic heterocycles. The molecule has 1 saturated heterocycles. The van der Waals surface area contributed by atoms with Crippen LogP contribution in [0.25, 0.3) is 0 Å². The van der Waals surface area contributed by atoms with Crippen LogP contribution in [0.5, 0.6) is 11.5 Å². The molecule has 1 aliphatic rings. The molecule has 0 unspecified atom stereocenters. The summed E-state index contributed by atoms with van der Waals surface area (Å²) in [5, 5.41) is 30.1. The minimum atomic E-state index is -0.855. The van der Waals surface area contributed by atoms with Crippen LogP contribution in [0, 0.1) is 10.1 Å². The second kappa shape index (κ2) is 5.11. The normalized spacial score (nSPS) is 20.9. The molecule has 4 N–H and O–H groups in total. The lowest BCUT2D eigenvalue weighted by Gasteiger charge is -2.32. The van der Waals surface area contributed by atoms with Gasteiger partial charge < -0.3 is 25.3 Å². The van der Waals surface area contributed by atoms with Crippen molar-refractivity contribution in [1.29, 1.82) is 0 Å². The third-order valence-electron chi connectivity index (χ3n) is 4.24. The zero-order chi connectivity index (χ0) is 16.9. The van der Waals surface area contributed by atoms with Gasteiger partial charge in [-0.2, -0.15) is 0 Å². The third-order valence-corrected chi connectivity index (χ3v) is 4.24. The van der Waals surface area contributed by atoms with Crippen LogP contribution in [0.2, 0.25) is 0 Å². The summed E-state index contributed by atoms with van der Waals surface area (Å²) < 4.78 is 11.6. The molecular weight excluding hydrogens is 291 g/mol. The molecule has 0 spiro atoms. The highest BCUT2D eigenvalue weighted by Gasteiger charge is 2.53. The van der Waals surface area contributed by atoms with Gasteiger partial charge in [-0.1, -0.05) is 0 Å². The summed E-state index contributed by atoms with van der Waals surface area (Å²) in [7, 11) is -0.825. The number of nitro benzene ring substituents is 1. The Morgan fingerprint density at radius 1 is 1.23 bits per heavy atom. The van der Waals surface area contributed by atoms with Crippen molar-refractivity contribution in [2.24, 2.45) is 5.73 Å². The van der Waals surface area contributed by atoms with Crippen LogP contribution in [-0.4, -0.2) is 33.5 Å². The fraction of sp³-hybridized carbons (Fsp3) is 0.538. The van der Waals surface area contributed by atoms with E-state index in [0.717, 1.165) is 12.1 Å². The second-order valence-electron chi connectivity index (χ2n) is 6.32. The fourth-order valence-electron chi connectivity index (χ4n) is 2.15. The van der Waals surface area contributed by atoms with Crippen molar-refractivity contribution in [3.63, 3.8) is 0 Å². The largest absolute Gasteiger partial charge is 0.504 e. The number of hydrogen-bond acceptors (Lipinski definition) is 7. The van der Waals surface area contributed by atoms with Crippen LogP contribution < -0.4 is 5.73 Å². The van der Waals surface area contributed by atoms with Gasteiger partial charge in [-0.25, -0.2) is 0 Å². The number of aromatic hydroxyl groups is 2. The summed E-state index contributed by atoms with van der Waals surface area (Å²) >= 11 is 0. The van der Waals surface area contributed by atoms with Crippen molar-refractivity contribution >= 4 is 12.8 Å². The Balaban J connectivity index is 2.35. The van der Waals surface area contributed by atoms with Crippen LogP contribution >= 0.6 is 0 Å². The Labute approximate surface area is 128 Å². The predicted octanol–water partition coefficient (Wildman–Crippen LogP) is 1.64.